The van der Waals surface area contributed by atoms with Gasteiger partial charge in [-0.25, -0.2) is 4.57 Å². The normalized spacial score (nSPS) is 12.0. The van der Waals surface area contributed by atoms with Gasteiger partial charge in [-0.15, -0.1) is 11.6 Å². The van der Waals surface area contributed by atoms with Crippen LogP contribution in [0.5, 0.6) is 0 Å². The highest BCUT2D eigenvalue weighted by Crippen LogP contribution is 2.35. The summed E-state index contributed by atoms with van der Waals surface area (Å²) >= 11 is 5.70. The summed E-state index contributed by atoms with van der Waals surface area (Å²) in [6.07, 6.45) is 33.3. The van der Waals surface area contributed by atoms with Crippen molar-refractivity contribution in [2.75, 3.05) is 12.5 Å². The highest BCUT2D eigenvalue weighted by atomic mass is 35.5. The van der Waals surface area contributed by atoms with Gasteiger partial charge in [0.15, 0.2) is 0 Å². The van der Waals surface area contributed by atoms with Crippen molar-refractivity contribution in [3.05, 3.63) is 0 Å². The highest BCUT2D eigenvalue weighted by molar-refractivity contribution is 7.46. The van der Waals surface area contributed by atoms with Gasteiger partial charge >= 0.3 is 7.82 Å². The van der Waals surface area contributed by atoms with Gasteiger partial charge in [0.05, 0.1) is 6.61 Å². The average Bonchev–Trinajstić information content (AvgIpc) is 2.78. The fourth-order valence-corrected chi connectivity index (χ4v) is 5.00. The molecular formula is C27H56ClO4P. The molecule has 0 atom stereocenters. The maximum absolute atomic E-state index is 10.5. The molecule has 0 aliphatic heterocycles. The van der Waals surface area contributed by atoms with Crippen molar-refractivity contribution < 1.29 is 18.9 Å². The van der Waals surface area contributed by atoms with Crippen molar-refractivity contribution in [1.29, 1.82) is 0 Å². The number of alkyl halides is 1. The van der Waals surface area contributed by atoms with Gasteiger partial charge in [-0.1, -0.05) is 148 Å². The molecule has 0 radical (unpaired) electrons. The Kier molecular flexibility index (Phi) is 27.3. The maximum Gasteiger partial charge on any atom is 0.469 e. The molecule has 200 valence electrons. The lowest BCUT2D eigenvalue weighted by Crippen LogP contribution is -1.92. The second-order valence-electron chi connectivity index (χ2n) is 9.85. The van der Waals surface area contributed by atoms with E-state index in [0.29, 0.717) is 0 Å². The average molecular weight is 511 g/mol. The number of rotatable bonds is 28. The molecule has 6 heteroatoms. The lowest BCUT2D eigenvalue weighted by atomic mass is 10.0. The Morgan fingerprint density at radius 1 is 0.424 bits per heavy atom. The van der Waals surface area contributed by atoms with E-state index in [1.54, 1.807) is 0 Å². The molecule has 0 amide bonds. The van der Waals surface area contributed by atoms with Gasteiger partial charge in [-0.05, 0) is 12.8 Å². The van der Waals surface area contributed by atoms with E-state index in [9.17, 15) is 4.57 Å². The molecule has 2 N–H and O–H groups in total. The maximum atomic E-state index is 10.5. The Morgan fingerprint density at radius 2 is 0.636 bits per heavy atom. The van der Waals surface area contributed by atoms with Gasteiger partial charge in [0.2, 0.25) is 0 Å². The molecule has 0 aliphatic carbocycles. The van der Waals surface area contributed by atoms with Crippen LogP contribution in [0.3, 0.4) is 0 Å². The summed E-state index contributed by atoms with van der Waals surface area (Å²) in [4.78, 5) is 17.2. The van der Waals surface area contributed by atoms with E-state index >= 15 is 0 Å². The van der Waals surface area contributed by atoms with Crippen LogP contribution in [-0.4, -0.2) is 22.3 Å². The quantitative estimate of drug-likeness (QED) is 0.0623. The predicted molar refractivity (Wildman–Crippen MR) is 144 cm³/mol. The fraction of sp³-hybridized carbons (Fsp3) is 1.00. The van der Waals surface area contributed by atoms with Crippen molar-refractivity contribution in [3.8, 4) is 0 Å². The van der Waals surface area contributed by atoms with Gasteiger partial charge in [0.1, 0.15) is 0 Å². The molecule has 4 nitrogen and oxygen atoms in total. The molecule has 0 aliphatic rings. The first-order chi connectivity index (χ1) is 16.1. The Morgan fingerprint density at radius 3 is 0.848 bits per heavy atom. The number of phosphoric acid groups is 1. The minimum atomic E-state index is -4.27. The summed E-state index contributed by atoms with van der Waals surface area (Å²) in [5.41, 5.74) is 0. The summed E-state index contributed by atoms with van der Waals surface area (Å²) in [6.45, 7) is 0.168. The van der Waals surface area contributed by atoms with Crippen molar-refractivity contribution in [1.82, 2.24) is 0 Å². The Bertz CT molecular complexity index is 417. The van der Waals surface area contributed by atoms with Crippen LogP contribution in [0.1, 0.15) is 161 Å². The molecular weight excluding hydrogens is 455 g/mol. The van der Waals surface area contributed by atoms with E-state index in [-0.39, 0.29) is 6.61 Å². The summed E-state index contributed by atoms with van der Waals surface area (Å²) in [5.74, 6) is 0.829. The topological polar surface area (TPSA) is 66.8 Å². The van der Waals surface area contributed by atoms with Crippen LogP contribution in [0.4, 0.5) is 0 Å². The van der Waals surface area contributed by atoms with Crippen LogP contribution >= 0.6 is 19.4 Å². The number of hydrogen-bond acceptors (Lipinski definition) is 2. The van der Waals surface area contributed by atoms with Gasteiger partial charge in [0, 0.05) is 5.88 Å². The SMILES string of the molecule is O=P(O)(O)OCCCCCCCCCCCCCCCCCCCCCCCCCCCCl. The molecule has 0 aromatic heterocycles. The first-order valence-electron chi connectivity index (χ1n) is 14.3. The van der Waals surface area contributed by atoms with E-state index < -0.39 is 7.82 Å². The fourth-order valence-electron chi connectivity index (χ4n) is 4.45. The molecule has 0 bridgehead atoms. The van der Waals surface area contributed by atoms with Crippen molar-refractivity contribution >= 4 is 19.4 Å². The first-order valence-corrected chi connectivity index (χ1v) is 16.4. The second kappa shape index (κ2) is 27.0. The summed E-state index contributed by atoms with van der Waals surface area (Å²) in [7, 11) is -4.27. The second-order valence-corrected chi connectivity index (χ2v) is 11.5. The van der Waals surface area contributed by atoms with Crippen LogP contribution in [-0.2, 0) is 9.09 Å². The van der Waals surface area contributed by atoms with E-state index in [2.05, 4.69) is 4.52 Å². The van der Waals surface area contributed by atoms with Crippen molar-refractivity contribution in [2.24, 2.45) is 0 Å². The standard InChI is InChI=1S/C27H56ClO4P/c28-26-24-22-20-18-16-14-12-10-8-6-4-2-1-3-5-7-9-11-13-15-17-19-21-23-25-27-32-33(29,30)31/h1-27H2,(H2,29,30,31). The third kappa shape index (κ3) is 32.4. The van der Waals surface area contributed by atoms with Crippen LogP contribution in [0.15, 0.2) is 0 Å². The summed E-state index contributed by atoms with van der Waals surface area (Å²) in [5, 5.41) is 0. The van der Waals surface area contributed by atoms with Gasteiger partial charge in [-0.3, -0.25) is 4.52 Å². The van der Waals surface area contributed by atoms with Crippen molar-refractivity contribution in [2.45, 2.75) is 161 Å². The van der Waals surface area contributed by atoms with E-state index in [1.165, 1.54) is 141 Å². The van der Waals surface area contributed by atoms with E-state index in [0.717, 1.165) is 25.1 Å². The number of unbranched alkanes of at least 4 members (excludes halogenated alkanes) is 24. The van der Waals surface area contributed by atoms with Crippen molar-refractivity contribution in [3.63, 3.8) is 0 Å². The minimum Gasteiger partial charge on any atom is -0.303 e. The largest absolute Gasteiger partial charge is 0.469 e. The Hall–Kier alpha value is 0.400. The molecule has 0 rings (SSSR count). The molecule has 0 aromatic carbocycles. The number of hydrogen-bond donors (Lipinski definition) is 2. The number of halogens is 1. The molecule has 0 heterocycles. The molecule has 0 unspecified atom stereocenters. The lowest BCUT2D eigenvalue weighted by Gasteiger charge is -2.05. The molecule has 0 aromatic rings. The minimum absolute atomic E-state index is 0.168. The first kappa shape index (κ1) is 33.4. The monoisotopic (exact) mass is 510 g/mol. The molecule has 0 saturated heterocycles. The number of phosphoric ester groups is 1. The van der Waals surface area contributed by atoms with Crippen LogP contribution in [0, 0.1) is 0 Å². The molecule has 0 fully saturated rings. The zero-order valence-corrected chi connectivity index (χ0v) is 23.3. The van der Waals surface area contributed by atoms with E-state index in [1.807, 2.05) is 0 Å². The Balaban J connectivity index is 3.03. The zero-order valence-electron chi connectivity index (χ0n) is 21.6. The van der Waals surface area contributed by atoms with Gasteiger partial charge < -0.3 is 9.79 Å². The Labute approximate surface area is 211 Å². The van der Waals surface area contributed by atoms with Crippen LogP contribution < -0.4 is 0 Å². The molecule has 0 saturated carbocycles. The molecule has 33 heavy (non-hydrogen) atoms. The van der Waals surface area contributed by atoms with Crippen LogP contribution in [0.2, 0.25) is 0 Å². The summed E-state index contributed by atoms with van der Waals surface area (Å²) in [6, 6.07) is 0. The lowest BCUT2D eigenvalue weighted by molar-refractivity contribution is 0.193. The summed E-state index contributed by atoms with van der Waals surface area (Å²) < 4.78 is 15.0. The molecule has 0 spiro atoms. The zero-order chi connectivity index (χ0) is 24.3. The third-order valence-electron chi connectivity index (χ3n) is 6.54. The smallest absolute Gasteiger partial charge is 0.303 e. The van der Waals surface area contributed by atoms with Gasteiger partial charge in [-0.2, -0.15) is 0 Å². The van der Waals surface area contributed by atoms with Gasteiger partial charge in [0.25, 0.3) is 0 Å². The predicted octanol–water partition coefficient (Wildman–Crippen LogP) is 10.1. The van der Waals surface area contributed by atoms with Crippen LogP contribution in [0.25, 0.3) is 0 Å². The highest BCUT2D eigenvalue weighted by Gasteiger charge is 2.12. The van der Waals surface area contributed by atoms with E-state index in [4.69, 9.17) is 21.4 Å². The third-order valence-corrected chi connectivity index (χ3v) is 7.32.